The summed E-state index contributed by atoms with van der Waals surface area (Å²) >= 11 is 11.9. The van der Waals surface area contributed by atoms with E-state index in [1.807, 2.05) is 38.1 Å². The molecule has 29 heavy (non-hydrogen) atoms. The lowest BCUT2D eigenvalue weighted by Gasteiger charge is -2.24. The van der Waals surface area contributed by atoms with E-state index in [-0.39, 0.29) is 17.2 Å². The van der Waals surface area contributed by atoms with E-state index < -0.39 is 0 Å². The van der Waals surface area contributed by atoms with Crippen molar-refractivity contribution in [2.75, 3.05) is 13.1 Å². The van der Waals surface area contributed by atoms with Gasteiger partial charge in [-0.1, -0.05) is 61.3 Å². The first-order chi connectivity index (χ1) is 13.7. The first kappa shape index (κ1) is 22.7. The van der Waals surface area contributed by atoms with Gasteiger partial charge in [0, 0.05) is 35.3 Å². The molecule has 0 heterocycles. The Morgan fingerprint density at radius 3 is 1.62 bits per heavy atom. The normalized spacial score (nSPS) is 11.7. The van der Waals surface area contributed by atoms with Gasteiger partial charge in [-0.2, -0.15) is 0 Å². The number of nitrogens with one attached hydrogen (secondary N) is 2. The van der Waals surface area contributed by atoms with Crippen LogP contribution in [0.5, 0.6) is 0 Å². The van der Waals surface area contributed by atoms with E-state index in [0.29, 0.717) is 23.1 Å². The molecule has 2 aromatic rings. The molecule has 2 aromatic carbocycles. The number of carbonyl (C=O) groups excluding carboxylic acids is 2. The van der Waals surface area contributed by atoms with Crippen LogP contribution in [0.25, 0.3) is 12.2 Å². The fraction of sp³-hybridized carbons (Fsp3) is 0.217. The Balaban J connectivity index is 1.77. The molecule has 0 saturated carbocycles. The van der Waals surface area contributed by atoms with Gasteiger partial charge in [-0.3, -0.25) is 9.59 Å². The second-order valence-corrected chi connectivity index (χ2v) is 8.25. The van der Waals surface area contributed by atoms with Crippen LogP contribution in [0.3, 0.4) is 0 Å². The Kier molecular flexibility index (Phi) is 8.50. The third kappa shape index (κ3) is 8.99. The van der Waals surface area contributed by atoms with Gasteiger partial charge in [-0.05, 0) is 53.0 Å². The van der Waals surface area contributed by atoms with Crippen LogP contribution in [0.1, 0.15) is 25.0 Å². The van der Waals surface area contributed by atoms with Crippen LogP contribution in [-0.4, -0.2) is 24.9 Å². The van der Waals surface area contributed by atoms with E-state index in [2.05, 4.69) is 10.6 Å². The van der Waals surface area contributed by atoms with Crippen molar-refractivity contribution in [3.05, 3.63) is 81.9 Å². The standard InChI is InChI=1S/C23H24Cl2N2O2/c1-23(2,15-26-21(28)11-9-17-5-3-7-19(24)13-17)16-27-22(29)12-10-18-6-4-8-20(25)14-18/h3-14H,15-16H2,1-2H3,(H,26,28)(H,27,29). The van der Waals surface area contributed by atoms with Crippen molar-refractivity contribution < 1.29 is 9.59 Å². The molecule has 152 valence electrons. The number of amides is 2. The highest BCUT2D eigenvalue weighted by Crippen LogP contribution is 2.14. The fourth-order valence-corrected chi connectivity index (χ4v) is 2.79. The van der Waals surface area contributed by atoms with Gasteiger partial charge < -0.3 is 10.6 Å². The molecule has 0 aliphatic heterocycles. The molecule has 2 N–H and O–H groups in total. The predicted octanol–water partition coefficient (Wildman–Crippen LogP) is 4.98. The monoisotopic (exact) mass is 430 g/mol. The Morgan fingerprint density at radius 2 is 1.24 bits per heavy atom. The van der Waals surface area contributed by atoms with Crippen LogP contribution in [0.2, 0.25) is 10.0 Å². The van der Waals surface area contributed by atoms with Gasteiger partial charge in [0.25, 0.3) is 0 Å². The smallest absolute Gasteiger partial charge is 0.244 e. The molecule has 0 atom stereocenters. The van der Waals surface area contributed by atoms with Crippen LogP contribution in [0, 0.1) is 5.41 Å². The third-order valence-electron chi connectivity index (χ3n) is 4.03. The lowest BCUT2D eigenvalue weighted by molar-refractivity contribution is -0.116. The van der Waals surface area contributed by atoms with Crippen LogP contribution in [0.15, 0.2) is 60.7 Å². The van der Waals surface area contributed by atoms with Gasteiger partial charge in [0.1, 0.15) is 0 Å². The number of benzene rings is 2. The minimum absolute atomic E-state index is 0.203. The summed E-state index contributed by atoms with van der Waals surface area (Å²) in [7, 11) is 0. The van der Waals surface area contributed by atoms with Crippen molar-refractivity contribution in [3.63, 3.8) is 0 Å². The number of hydrogen-bond donors (Lipinski definition) is 2. The summed E-state index contributed by atoms with van der Waals surface area (Å²) in [5, 5.41) is 6.94. The first-order valence-electron chi connectivity index (χ1n) is 9.16. The number of rotatable bonds is 8. The zero-order valence-corrected chi connectivity index (χ0v) is 17.9. The van der Waals surface area contributed by atoms with E-state index in [0.717, 1.165) is 11.1 Å². The third-order valence-corrected chi connectivity index (χ3v) is 4.50. The molecule has 0 aromatic heterocycles. The predicted molar refractivity (Wildman–Crippen MR) is 121 cm³/mol. The van der Waals surface area contributed by atoms with Gasteiger partial charge in [-0.25, -0.2) is 0 Å². The molecule has 0 aliphatic rings. The molecule has 0 spiro atoms. The van der Waals surface area contributed by atoms with Gasteiger partial charge in [-0.15, -0.1) is 0 Å². The summed E-state index contributed by atoms with van der Waals surface area (Å²) in [4.78, 5) is 24.1. The maximum absolute atomic E-state index is 12.0. The summed E-state index contributed by atoms with van der Waals surface area (Å²) in [5.74, 6) is -0.407. The molecule has 0 saturated heterocycles. The average Bonchev–Trinajstić information content (AvgIpc) is 2.68. The molecule has 2 amide bonds. The largest absolute Gasteiger partial charge is 0.352 e. The second kappa shape index (κ2) is 10.8. The minimum atomic E-state index is -0.306. The van der Waals surface area contributed by atoms with Gasteiger partial charge >= 0.3 is 0 Å². The van der Waals surface area contributed by atoms with Crippen molar-refractivity contribution in [1.82, 2.24) is 10.6 Å². The van der Waals surface area contributed by atoms with Crippen molar-refractivity contribution in [2.24, 2.45) is 5.41 Å². The van der Waals surface area contributed by atoms with Crippen LogP contribution in [-0.2, 0) is 9.59 Å². The van der Waals surface area contributed by atoms with E-state index in [1.165, 1.54) is 12.2 Å². The van der Waals surface area contributed by atoms with E-state index >= 15 is 0 Å². The number of carbonyl (C=O) groups is 2. The van der Waals surface area contributed by atoms with Crippen molar-refractivity contribution in [2.45, 2.75) is 13.8 Å². The molecule has 0 unspecified atom stereocenters. The van der Waals surface area contributed by atoms with E-state index in [4.69, 9.17) is 23.2 Å². The van der Waals surface area contributed by atoms with Crippen LogP contribution < -0.4 is 10.6 Å². The minimum Gasteiger partial charge on any atom is -0.352 e. The quantitative estimate of drug-likeness (QED) is 0.580. The summed E-state index contributed by atoms with van der Waals surface area (Å²) in [6, 6.07) is 14.5. The summed E-state index contributed by atoms with van der Waals surface area (Å²) in [6.45, 7) is 4.78. The first-order valence-corrected chi connectivity index (χ1v) is 9.92. The zero-order valence-electron chi connectivity index (χ0n) is 16.4. The lowest BCUT2D eigenvalue weighted by Crippen LogP contribution is -2.41. The zero-order chi connectivity index (χ0) is 21.3. The fourth-order valence-electron chi connectivity index (χ4n) is 2.40. The highest BCUT2D eigenvalue weighted by Gasteiger charge is 2.19. The highest BCUT2D eigenvalue weighted by molar-refractivity contribution is 6.31. The van der Waals surface area contributed by atoms with E-state index in [1.54, 1.807) is 36.4 Å². The molecule has 0 aliphatic carbocycles. The second-order valence-electron chi connectivity index (χ2n) is 7.38. The van der Waals surface area contributed by atoms with Crippen molar-refractivity contribution in [3.8, 4) is 0 Å². The van der Waals surface area contributed by atoms with E-state index in [9.17, 15) is 9.59 Å². The summed E-state index contributed by atoms with van der Waals surface area (Å²) in [6.07, 6.45) is 6.34. The molecule has 2 rings (SSSR count). The highest BCUT2D eigenvalue weighted by atomic mass is 35.5. The summed E-state index contributed by atoms with van der Waals surface area (Å²) in [5.41, 5.74) is 1.40. The summed E-state index contributed by atoms with van der Waals surface area (Å²) < 4.78 is 0. The maximum Gasteiger partial charge on any atom is 0.244 e. The van der Waals surface area contributed by atoms with Crippen molar-refractivity contribution >= 4 is 47.2 Å². The molecule has 0 bridgehead atoms. The van der Waals surface area contributed by atoms with Gasteiger partial charge in [0.05, 0.1) is 0 Å². The molecule has 4 nitrogen and oxygen atoms in total. The Bertz CT molecular complexity index is 847. The lowest BCUT2D eigenvalue weighted by atomic mass is 9.93. The Hall–Kier alpha value is -2.56. The Labute approximate surface area is 181 Å². The molecule has 0 radical (unpaired) electrons. The molecular weight excluding hydrogens is 407 g/mol. The van der Waals surface area contributed by atoms with Gasteiger partial charge in [0.2, 0.25) is 11.8 Å². The SMILES string of the molecule is CC(C)(CNC(=O)C=Cc1cccc(Cl)c1)CNC(=O)C=Cc1cccc(Cl)c1. The van der Waals surface area contributed by atoms with Crippen LogP contribution in [0.4, 0.5) is 0 Å². The molecule has 6 heteroatoms. The number of hydrogen-bond acceptors (Lipinski definition) is 2. The topological polar surface area (TPSA) is 58.2 Å². The average molecular weight is 431 g/mol. The van der Waals surface area contributed by atoms with Gasteiger partial charge in [0.15, 0.2) is 0 Å². The molecular formula is C23H24Cl2N2O2. The molecule has 0 fully saturated rings. The van der Waals surface area contributed by atoms with Crippen molar-refractivity contribution in [1.29, 1.82) is 0 Å². The van der Waals surface area contributed by atoms with Crippen LogP contribution >= 0.6 is 23.2 Å². The maximum atomic E-state index is 12.0. The number of halogens is 2. The Morgan fingerprint density at radius 1 is 0.828 bits per heavy atom.